The van der Waals surface area contributed by atoms with Crippen LogP contribution in [-0.2, 0) is 14.2 Å². The van der Waals surface area contributed by atoms with E-state index in [0.29, 0.717) is 25.9 Å². The Bertz CT molecular complexity index is 995. The summed E-state index contributed by atoms with van der Waals surface area (Å²) in [5.41, 5.74) is -2.07. The molecule has 4 aliphatic carbocycles. The maximum Gasteiger partial charge on any atom is 0.186 e. The molecule has 1 aliphatic heterocycles. The minimum Gasteiger partial charge on any atom is -0.393 e. The summed E-state index contributed by atoms with van der Waals surface area (Å²) in [6.07, 6.45) is 1.40. The monoisotopic (exact) mass is 612 g/mol. The van der Waals surface area contributed by atoms with E-state index < -0.39 is 66.0 Å². The van der Waals surface area contributed by atoms with Gasteiger partial charge < -0.3 is 50.0 Å². The summed E-state index contributed by atoms with van der Waals surface area (Å²) in [5.74, 6) is -0.558. The molecule has 0 radical (unpaired) electrons. The minimum atomic E-state index is -1.24. The minimum absolute atomic E-state index is 0.0404. The number of aliphatic hydroxyl groups excluding tert-OH is 6. The van der Waals surface area contributed by atoms with Crippen LogP contribution in [0.5, 0.6) is 0 Å². The van der Waals surface area contributed by atoms with E-state index in [1.165, 1.54) is 7.11 Å². The van der Waals surface area contributed by atoms with Gasteiger partial charge in [-0.05, 0) is 73.0 Å². The quantitative estimate of drug-likeness (QED) is 0.199. The molecule has 1 heterocycles. The fraction of sp³-hybridized carbons (Fsp3) is 0.939. The summed E-state index contributed by atoms with van der Waals surface area (Å²) >= 11 is 0. The summed E-state index contributed by atoms with van der Waals surface area (Å²) in [6, 6.07) is 0. The van der Waals surface area contributed by atoms with Crippen molar-refractivity contribution in [1.29, 1.82) is 0 Å². The van der Waals surface area contributed by atoms with Gasteiger partial charge in [-0.1, -0.05) is 39.8 Å². The lowest BCUT2D eigenvalue weighted by Crippen LogP contribution is -2.70. The van der Waals surface area contributed by atoms with Gasteiger partial charge in [-0.3, -0.25) is 0 Å². The van der Waals surface area contributed by atoms with Gasteiger partial charge in [0.25, 0.3) is 0 Å². The van der Waals surface area contributed by atoms with Gasteiger partial charge in [0.05, 0.1) is 43.2 Å². The van der Waals surface area contributed by atoms with Crippen molar-refractivity contribution in [1.82, 2.24) is 0 Å². The van der Waals surface area contributed by atoms with Gasteiger partial charge in [-0.25, -0.2) is 0 Å². The first-order valence-electron chi connectivity index (χ1n) is 16.4. The molecule has 17 atom stereocenters. The number of fused-ring (bicyclic) bond motifs is 5. The van der Waals surface area contributed by atoms with E-state index in [-0.39, 0.29) is 48.0 Å². The Labute approximate surface area is 256 Å². The van der Waals surface area contributed by atoms with Crippen LogP contribution in [0.4, 0.5) is 0 Å². The van der Waals surface area contributed by atoms with Crippen molar-refractivity contribution in [2.75, 3.05) is 20.3 Å². The van der Waals surface area contributed by atoms with Crippen LogP contribution in [0.2, 0.25) is 0 Å². The lowest BCUT2D eigenvalue weighted by molar-refractivity contribution is -0.280. The molecule has 1 saturated heterocycles. The van der Waals surface area contributed by atoms with Crippen molar-refractivity contribution in [3.05, 3.63) is 12.2 Å². The van der Waals surface area contributed by atoms with E-state index in [1.807, 2.05) is 0 Å². The number of hydrogen-bond donors (Lipinski definition) is 7. The molecule has 0 amide bonds. The molecule has 0 aromatic carbocycles. The van der Waals surface area contributed by atoms with Gasteiger partial charge in [0.1, 0.15) is 18.3 Å². The number of ether oxygens (including phenoxy) is 3. The van der Waals surface area contributed by atoms with E-state index in [2.05, 4.69) is 39.8 Å². The van der Waals surface area contributed by atoms with E-state index in [4.69, 9.17) is 14.2 Å². The highest BCUT2D eigenvalue weighted by atomic mass is 16.7. The molecule has 5 fully saturated rings. The van der Waals surface area contributed by atoms with Gasteiger partial charge in [0.2, 0.25) is 0 Å². The van der Waals surface area contributed by atoms with Crippen molar-refractivity contribution in [3.63, 3.8) is 0 Å². The second-order valence-corrected chi connectivity index (χ2v) is 15.3. The number of rotatable bonds is 8. The van der Waals surface area contributed by atoms with E-state index in [9.17, 15) is 35.7 Å². The zero-order valence-corrected chi connectivity index (χ0v) is 26.5. The maximum atomic E-state index is 12.5. The van der Waals surface area contributed by atoms with Crippen LogP contribution in [0.25, 0.3) is 0 Å². The Morgan fingerprint density at radius 2 is 1.60 bits per heavy atom. The lowest BCUT2D eigenvalue weighted by Gasteiger charge is -2.66. The molecule has 10 nitrogen and oxygen atoms in total. The van der Waals surface area contributed by atoms with Gasteiger partial charge in [-0.2, -0.15) is 0 Å². The summed E-state index contributed by atoms with van der Waals surface area (Å²) in [5, 5.41) is 76.8. The molecular formula is C33H56O10. The Morgan fingerprint density at radius 1 is 0.907 bits per heavy atom. The van der Waals surface area contributed by atoms with Gasteiger partial charge in [-0.15, -0.1) is 0 Å². The van der Waals surface area contributed by atoms with Crippen molar-refractivity contribution in [2.45, 2.75) is 127 Å². The summed E-state index contributed by atoms with van der Waals surface area (Å²) in [4.78, 5) is 0. The molecule has 5 rings (SSSR count). The normalized spacial score (nSPS) is 53.2. The largest absolute Gasteiger partial charge is 0.393 e. The first-order valence-corrected chi connectivity index (χ1v) is 16.4. The Hall–Kier alpha value is -0.660. The molecule has 43 heavy (non-hydrogen) atoms. The smallest absolute Gasteiger partial charge is 0.186 e. The highest BCUT2D eigenvalue weighted by molar-refractivity contribution is 5.21. The Morgan fingerprint density at radius 3 is 2.30 bits per heavy atom. The number of hydrogen-bond acceptors (Lipinski definition) is 10. The zero-order valence-electron chi connectivity index (χ0n) is 26.5. The van der Waals surface area contributed by atoms with Crippen LogP contribution in [-0.4, -0.2) is 111 Å². The average molecular weight is 613 g/mol. The molecule has 4 saturated carbocycles. The number of allylic oxidation sites excluding steroid dienone is 2. The average Bonchev–Trinajstić information content (AvgIpc) is 3.21. The lowest BCUT2D eigenvalue weighted by atomic mass is 9.41. The summed E-state index contributed by atoms with van der Waals surface area (Å²) < 4.78 is 16.5. The fourth-order valence-electron chi connectivity index (χ4n) is 10.6. The highest BCUT2D eigenvalue weighted by Gasteiger charge is 2.71. The second kappa shape index (κ2) is 12.5. The standard InChI is InChI=1S/C33H56O10/c1-17(15-42-30-27(39)28(41-5)23(37)16-43-30)7-6-8-18(2)19-13-21(35)29-31(19,3)12-10-24-32(4)11-9-20(34)26(38)25(32)22(36)14-33(24,29)40/h6,8,17-30,34-40H,7,9-16H2,1-5H3/b8-6+/t17-,18+,19+,20-,21+,22-,23+,24+,25-,26-,27+,28-,29+,30+,31+,32+,33-/m0/s1. The fourth-order valence-corrected chi connectivity index (χ4v) is 10.6. The third-order valence-electron chi connectivity index (χ3n) is 12.7. The number of methoxy groups -OCH3 is 1. The van der Waals surface area contributed by atoms with Crippen molar-refractivity contribution in [2.24, 2.45) is 46.3 Å². The molecule has 10 heteroatoms. The zero-order chi connectivity index (χ0) is 31.5. The summed E-state index contributed by atoms with van der Waals surface area (Å²) in [6.45, 7) is 8.91. The summed E-state index contributed by atoms with van der Waals surface area (Å²) in [7, 11) is 1.44. The van der Waals surface area contributed by atoms with Crippen LogP contribution >= 0.6 is 0 Å². The van der Waals surface area contributed by atoms with Crippen molar-refractivity contribution >= 4 is 0 Å². The molecule has 0 aromatic heterocycles. The van der Waals surface area contributed by atoms with E-state index in [0.717, 1.165) is 19.3 Å². The molecule has 0 bridgehead atoms. The van der Waals surface area contributed by atoms with Crippen LogP contribution < -0.4 is 0 Å². The highest BCUT2D eigenvalue weighted by Crippen LogP contribution is 2.69. The third kappa shape index (κ3) is 5.66. The molecule has 0 aromatic rings. The topological polar surface area (TPSA) is 169 Å². The molecule has 0 spiro atoms. The predicted molar refractivity (Wildman–Crippen MR) is 157 cm³/mol. The van der Waals surface area contributed by atoms with E-state index in [1.54, 1.807) is 0 Å². The van der Waals surface area contributed by atoms with Crippen LogP contribution in [0.15, 0.2) is 12.2 Å². The third-order valence-corrected chi connectivity index (χ3v) is 12.7. The maximum absolute atomic E-state index is 12.5. The van der Waals surface area contributed by atoms with Gasteiger partial charge >= 0.3 is 0 Å². The molecule has 7 N–H and O–H groups in total. The molecule has 248 valence electrons. The van der Waals surface area contributed by atoms with Gasteiger partial charge in [0.15, 0.2) is 6.29 Å². The van der Waals surface area contributed by atoms with Crippen LogP contribution in [0.3, 0.4) is 0 Å². The van der Waals surface area contributed by atoms with Gasteiger partial charge in [0, 0.05) is 25.4 Å². The second-order valence-electron chi connectivity index (χ2n) is 15.3. The van der Waals surface area contributed by atoms with Crippen molar-refractivity contribution < 1.29 is 50.0 Å². The van der Waals surface area contributed by atoms with Crippen LogP contribution in [0.1, 0.15) is 72.6 Å². The molecule has 5 aliphatic rings. The SMILES string of the molecule is CO[C@@H]1[C@@H](O)[C@H](OC[C@@H](C)C/C=C/[C@@H](C)[C@H]2C[C@@H](O)[C@@H]3[C@]2(C)CC[C@@H]2[C@@]4(C)CC[C@H](O)[C@H](O)[C@@H]4[C@@H](O)C[C@]23O)OC[C@H]1O. The first-order chi connectivity index (χ1) is 20.2. The van der Waals surface area contributed by atoms with Crippen molar-refractivity contribution in [3.8, 4) is 0 Å². The van der Waals surface area contributed by atoms with Crippen LogP contribution in [0, 0.1) is 46.3 Å². The first kappa shape index (κ1) is 33.7. The Kier molecular flexibility index (Phi) is 9.80. The van der Waals surface area contributed by atoms with E-state index >= 15 is 0 Å². The number of aliphatic hydroxyl groups is 7. The predicted octanol–water partition coefficient (Wildman–Crippen LogP) is 1.36. The Balaban J connectivity index is 1.22. The molecular weight excluding hydrogens is 556 g/mol. The molecule has 0 unspecified atom stereocenters.